The molecule has 0 aromatic rings. The molecular formula is C11H20N2O8. The standard InChI is InChI=1S/C9H15NO6.C2H5NO2/c1-9(2,3)16-8(15)10(4-6(11)12)5-7(13)14;3-1-2(4)5/h4-5H2,1-3H3,(H,11,12)(H,13,14);1,3H2,(H,4,5). The number of carboxylic acid groups (broad SMARTS) is 3. The third-order valence-electron chi connectivity index (χ3n) is 1.48. The quantitative estimate of drug-likeness (QED) is 0.519. The lowest BCUT2D eigenvalue weighted by Crippen LogP contribution is -2.42. The molecule has 0 saturated heterocycles. The highest BCUT2D eigenvalue weighted by Gasteiger charge is 2.25. The Labute approximate surface area is 121 Å². The Bertz CT molecular complexity index is 372. The van der Waals surface area contributed by atoms with Crippen LogP contribution in [-0.4, -0.2) is 69.5 Å². The van der Waals surface area contributed by atoms with E-state index in [0.29, 0.717) is 4.90 Å². The average Bonchev–Trinajstić information content (AvgIpc) is 2.25. The van der Waals surface area contributed by atoms with Gasteiger partial charge in [0, 0.05) is 0 Å². The number of carbonyl (C=O) groups is 4. The van der Waals surface area contributed by atoms with Crippen molar-refractivity contribution in [1.29, 1.82) is 0 Å². The molecule has 0 fully saturated rings. The van der Waals surface area contributed by atoms with Gasteiger partial charge in [0.15, 0.2) is 0 Å². The molecule has 10 nitrogen and oxygen atoms in total. The van der Waals surface area contributed by atoms with Gasteiger partial charge in [-0.05, 0) is 20.8 Å². The molecule has 0 aromatic carbocycles. The fourth-order valence-corrected chi connectivity index (χ4v) is 0.838. The van der Waals surface area contributed by atoms with Crippen LogP contribution in [0.25, 0.3) is 0 Å². The van der Waals surface area contributed by atoms with E-state index in [1.54, 1.807) is 20.8 Å². The van der Waals surface area contributed by atoms with E-state index < -0.39 is 42.7 Å². The van der Waals surface area contributed by atoms with Crippen LogP contribution < -0.4 is 5.73 Å². The summed E-state index contributed by atoms with van der Waals surface area (Å²) < 4.78 is 4.86. The number of rotatable bonds is 5. The Kier molecular flexibility index (Phi) is 9.51. The third kappa shape index (κ3) is 15.6. The molecule has 0 aromatic heterocycles. The smallest absolute Gasteiger partial charge is 0.411 e. The van der Waals surface area contributed by atoms with E-state index in [9.17, 15) is 19.2 Å². The second kappa shape index (κ2) is 9.53. The first kappa shape index (κ1) is 20.9. The van der Waals surface area contributed by atoms with Gasteiger partial charge in [0.1, 0.15) is 18.7 Å². The predicted octanol–water partition coefficient (Wildman–Crippen LogP) is -0.578. The van der Waals surface area contributed by atoms with E-state index in [2.05, 4.69) is 5.73 Å². The Morgan fingerprint density at radius 3 is 1.48 bits per heavy atom. The summed E-state index contributed by atoms with van der Waals surface area (Å²) >= 11 is 0. The lowest BCUT2D eigenvalue weighted by Gasteiger charge is -2.25. The van der Waals surface area contributed by atoms with Crippen LogP contribution in [0.3, 0.4) is 0 Å². The lowest BCUT2D eigenvalue weighted by molar-refractivity contribution is -0.141. The zero-order valence-corrected chi connectivity index (χ0v) is 12.0. The summed E-state index contributed by atoms with van der Waals surface area (Å²) in [5.41, 5.74) is 3.77. The van der Waals surface area contributed by atoms with Gasteiger partial charge < -0.3 is 25.8 Å². The van der Waals surface area contributed by atoms with Crippen LogP contribution in [0.4, 0.5) is 4.79 Å². The fraction of sp³-hybridized carbons (Fsp3) is 0.636. The van der Waals surface area contributed by atoms with Crippen molar-refractivity contribution in [3.05, 3.63) is 0 Å². The number of ether oxygens (including phenoxy) is 1. The van der Waals surface area contributed by atoms with Crippen LogP contribution in [0.5, 0.6) is 0 Å². The number of carbonyl (C=O) groups excluding carboxylic acids is 1. The molecule has 0 aliphatic heterocycles. The first-order valence-corrected chi connectivity index (χ1v) is 5.72. The van der Waals surface area contributed by atoms with Crippen LogP contribution in [0.15, 0.2) is 0 Å². The first-order chi connectivity index (χ1) is 9.38. The topological polar surface area (TPSA) is 167 Å². The van der Waals surface area contributed by atoms with E-state index in [0.717, 1.165) is 0 Å². The van der Waals surface area contributed by atoms with Crippen LogP contribution in [0.1, 0.15) is 20.8 Å². The molecule has 0 atom stereocenters. The number of hydrogen-bond acceptors (Lipinski definition) is 6. The maximum Gasteiger partial charge on any atom is 0.411 e. The second-order valence-electron chi connectivity index (χ2n) is 4.72. The number of amides is 1. The molecule has 10 heteroatoms. The Hall–Kier alpha value is -2.36. The van der Waals surface area contributed by atoms with Crippen molar-refractivity contribution in [1.82, 2.24) is 4.90 Å². The predicted molar refractivity (Wildman–Crippen MR) is 69.8 cm³/mol. The number of carboxylic acids is 3. The molecule has 122 valence electrons. The minimum Gasteiger partial charge on any atom is -0.480 e. The highest BCUT2D eigenvalue weighted by Crippen LogP contribution is 2.09. The zero-order chi connectivity index (χ0) is 17.2. The highest BCUT2D eigenvalue weighted by atomic mass is 16.6. The molecule has 0 aliphatic carbocycles. The molecule has 0 aliphatic rings. The van der Waals surface area contributed by atoms with Gasteiger partial charge in [-0.2, -0.15) is 0 Å². The van der Waals surface area contributed by atoms with Crippen molar-refractivity contribution in [3.8, 4) is 0 Å². The molecule has 21 heavy (non-hydrogen) atoms. The number of nitrogens with two attached hydrogens (primary N) is 1. The fourth-order valence-electron chi connectivity index (χ4n) is 0.838. The van der Waals surface area contributed by atoms with Crippen LogP contribution in [-0.2, 0) is 19.1 Å². The van der Waals surface area contributed by atoms with Gasteiger partial charge >= 0.3 is 24.0 Å². The Balaban J connectivity index is 0. The lowest BCUT2D eigenvalue weighted by atomic mass is 10.2. The molecule has 0 unspecified atom stereocenters. The van der Waals surface area contributed by atoms with E-state index in [-0.39, 0.29) is 6.54 Å². The number of aliphatic carboxylic acids is 3. The molecule has 0 saturated carbocycles. The maximum absolute atomic E-state index is 11.4. The van der Waals surface area contributed by atoms with Crippen molar-refractivity contribution in [2.45, 2.75) is 26.4 Å². The van der Waals surface area contributed by atoms with E-state index in [4.69, 9.17) is 20.1 Å². The molecule has 0 rings (SSSR count). The Morgan fingerprint density at radius 1 is 0.952 bits per heavy atom. The van der Waals surface area contributed by atoms with Crippen LogP contribution in [0.2, 0.25) is 0 Å². The number of nitrogens with zero attached hydrogens (tertiary/aromatic N) is 1. The summed E-state index contributed by atoms with van der Waals surface area (Å²) in [4.78, 5) is 42.1. The molecule has 0 spiro atoms. The van der Waals surface area contributed by atoms with Crippen molar-refractivity contribution >= 4 is 24.0 Å². The summed E-state index contributed by atoms with van der Waals surface area (Å²) in [5, 5.41) is 24.6. The maximum atomic E-state index is 11.4. The molecule has 5 N–H and O–H groups in total. The van der Waals surface area contributed by atoms with Gasteiger partial charge in [-0.15, -0.1) is 0 Å². The van der Waals surface area contributed by atoms with Crippen LogP contribution in [0, 0.1) is 0 Å². The second-order valence-corrected chi connectivity index (χ2v) is 4.72. The molecule has 0 bridgehead atoms. The minimum atomic E-state index is -1.30. The monoisotopic (exact) mass is 308 g/mol. The highest BCUT2D eigenvalue weighted by molar-refractivity contribution is 5.81. The van der Waals surface area contributed by atoms with Crippen molar-refractivity contribution in [2.75, 3.05) is 19.6 Å². The van der Waals surface area contributed by atoms with Crippen LogP contribution >= 0.6 is 0 Å². The molecule has 0 heterocycles. The van der Waals surface area contributed by atoms with E-state index in [1.165, 1.54) is 0 Å². The Morgan fingerprint density at radius 2 is 1.29 bits per heavy atom. The zero-order valence-electron chi connectivity index (χ0n) is 12.0. The van der Waals surface area contributed by atoms with E-state index in [1.807, 2.05) is 0 Å². The summed E-state index contributed by atoms with van der Waals surface area (Å²) in [5.74, 6) is -3.57. The normalized spacial score (nSPS) is 9.90. The van der Waals surface area contributed by atoms with Crippen molar-refractivity contribution in [3.63, 3.8) is 0 Å². The average molecular weight is 308 g/mol. The van der Waals surface area contributed by atoms with Gasteiger partial charge in [-0.1, -0.05) is 0 Å². The van der Waals surface area contributed by atoms with Gasteiger partial charge in [-0.3, -0.25) is 19.3 Å². The van der Waals surface area contributed by atoms with Gasteiger partial charge in [0.25, 0.3) is 0 Å². The SMILES string of the molecule is CC(C)(C)OC(=O)N(CC(=O)O)CC(=O)O.NCC(=O)O. The summed E-state index contributed by atoms with van der Waals surface area (Å²) in [7, 11) is 0. The largest absolute Gasteiger partial charge is 0.480 e. The van der Waals surface area contributed by atoms with Crippen molar-refractivity contribution < 1.29 is 39.2 Å². The van der Waals surface area contributed by atoms with Gasteiger partial charge in [0.05, 0.1) is 6.54 Å². The third-order valence-corrected chi connectivity index (χ3v) is 1.48. The van der Waals surface area contributed by atoms with E-state index >= 15 is 0 Å². The van der Waals surface area contributed by atoms with Gasteiger partial charge in [0.2, 0.25) is 0 Å². The van der Waals surface area contributed by atoms with Gasteiger partial charge in [-0.25, -0.2) is 4.79 Å². The summed E-state index contributed by atoms with van der Waals surface area (Å²) in [6.45, 7) is 3.11. The molecule has 1 amide bonds. The summed E-state index contributed by atoms with van der Waals surface area (Å²) in [6, 6.07) is 0. The van der Waals surface area contributed by atoms with Crippen molar-refractivity contribution in [2.24, 2.45) is 5.73 Å². The molecule has 0 radical (unpaired) electrons. The minimum absolute atomic E-state index is 0.278. The molecular weight excluding hydrogens is 288 g/mol. The first-order valence-electron chi connectivity index (χ1n) is 5.72. The summed E-state index contributed by atoms with van der Waals surface area (Å²) in [6.07, 6.45) is -0.961. The number of hydrogen-bond donors (Lipinski definition) is 4.